The van der Waals surface area contributed by atoms with Crippen molar-refractivity contribution in [3.05, 3.63) is 70.0 Å². The Hall–Kier alpha value is -3.82. The Balaban J connectivity index is 1.80. The van der Waals surface area contributed by atoms with E-state index in [1.807, 2.05) is 0 Å². The Bertz CT molecular complexity index is 1090. The summed E-state index contributed by atoms with van der Waals surface area (Å²) in [5.41, 5.74) is 0.349. The molecule has 1 aliphatic carbocycles. The molecule has 2 N–H and O–H groups in total. The fraction of sp³-hybridized carbons (Fsp3) is 0.318. The van der Waals surface area contributed by atoms with E-state index in [0.717, 1.165) is 17.0 Å². The highest BCUT2D eigenvalue weighted by Crippen LogP contribution is 2.50. The molecule has 1 saturated heterocycles. The molecule has 9 nitrogen and oxygen atoms in total. The summed E-state index contributed by atoms with van der Waals surface area (Å²) in [6.07, 6.45) is 1.21. The third-order valence-corrected chi connectivity index (χ3v) is 6.14. The van der Waals surface area contributed by atoms with Gasteiger partial charge in [-0.25, -0.2) is 14.0 Å². The highest BCUT2D eigenvalue weighted by molar-refractivity contribution is 5.95. The number of nitro groups is 1. The first-order valence-electron chi connectivity index (χ1n) is 10.1. The highest BCUT2D eigenvalue weighted by atomic mass is 19.1. The lowest BCUT2D eigenvalue weighted by Gasteiger charge is -2.30. The Kier molecular flexibility index (Phi) is 5.60. The number of benzene rings is 2. The van der Waals surface area contributed by atoms with E-state index in [0.29, 0.717) is 18.4 Å². The van der Waals surface area contributed by atoms with Gasteiger partial charge in [0.1, 0.15) is 17.6 Å². The minimum absolute atomic E-state index is 0.166. The van der Waals surface area contributed by atoms with E-state index in [2.05, 4.69) is 5.32 Å². The molecule has 2 aromatic carbocycles. The number of likely N-dealkylation sites (tertiary alicyclic amines) is 1. The molecular formula is C22H20FN3O6. The first-order valence-corrected chi connectivity index (χ1v) is 10.1. The number of nitro benzene ring substituents is 1. The van der Waals surface area contributed by atoms with Crippen molar-refractivity contribution in [2.24, 2.45) is 11.8 Å². The number of ketones is 1. The van der Waals surface area contributed by atoms with E-state index in [1.165, 1.54) is 30.3 Å². The number of carbonyl (C=O) groups is 3. The second kappa shape index (κ2) is 8.37. The SMILES string of the molecule is O=C1CCCC2C1C(c1cccc([N+](=O)[O-])c1)N(C(=O)Nc1ccc(F)cc1)C2C(=O)O. The van der Waals surface area contributed by atoms with Crippen molar-refractivity contribution in [2.45, 2.75) is 31.3 Å². The molecule has 4 atom stereocenters. The molecule has 32 heavy (non-hydrogen) atoms. The van der Waals surface area contributed by atoms with Gasteiger partial charge in [-0.15, -0.1) is 0 Å². The number of aliphatic carboxylic acids is 1. The lowest BCUT2D eigenvalue weighted by Crippen LogP contribution is -2.46. The summed E-state index contributed by atoms with van der Waals surface area (Å²) in [6.45, 7) is 0. The van der Waals surface area contributed by atoms with Gasteiger partial charge in [0, 0.05) is 36.1 Å². The van der Waals surface area contributed by atoms with Crippen molar-refractivity contribution in [1.29, 1.82) is 0 Å². The first-order chi connectivity index (χ1) is 15.3. The van der Waals surface area contributed by atoms with Crippen LogP contribution in [0.1, 0.15) is 30.9 Å². The zero-order chi connectivity index (χ0) is 23.0. The van der Waals surface area contributed by atoms with Crippen molar-refractivity contribution in [1.82, 2.24) is 4.90 Å². The van der Waals surface area contributed by atoms with Gasteiger partial charge in [-0.05, 0) is 42.7 Å². The second-order valence-corrected chi connectivity index (χ2v) is 7.97. The van der Waals surface area contributed by atoms with Crippen molar-refractivity contribution in [3.63, 3.8) is 0 Å². The number of nitrogens with zero attached hydrogens (tertiary/aromatic N) is 2. The molecule has 10 heteroatoms. The van der Waals surface area contributed by atoms with E-state index in [1.54, 1.807) is 6.07 Å². The number of halogens is 1. The maximum Gasteiger partial charge on any atom is 0.326 e. The van der Waals surface area contributed by atoms with Crippen molar-refractivity contribution < 1.29 is 28.8 Å². The molecule has 4 unspecified atom stereocenters. The summed E-state index contributed by atoms with van der Waals surface area (Å²) in [7, 11) is 0. The molecule has 0 bridgehead atoms. The van der Waals surface area contributed by atoms with E-state index in [9.17, 15) is 34.0 Å². The van der Waals surface area contributed by atoms with Gasteiger partial charge < -0.3 is 15.3 Å². The minimum atomic E-state index is -1.28. The number of carbonyl (C=O) groups excluding carboxylic acids is 2. The normalized spacial score (nSPS) is 24.7. The number of hydrogen-bond donors (Lipinski definition) is 2. The molecule has 1 aliphatic heterocycles. The van der Waals surface area contributed by atoms with Crippen LogP contribution in [0.15, 0.2) is 48.5 Å². The zero-order valence-corrected chi connectivity index (χ0v) is 16.8. The van der Waals surface area contributed by atoms with E-state index in [-0.39, 0.29) is 23.6 Å². The number of nitrogens with one attached hydrogen (secondary N) is 1. The summed E-state index contributed by atoms with van der Waals surface area (Å²) < 4.78 is 13.2. The molecule has 2 fully saturated rings. The van der Waals surface area contributed by atoms with Gasteiger partial charge in [-0.3, -0.25) is 14.9 Å². The molecule has 1 heterocycles. The first kappa shape index (κ1) is 21.4. The van der Waals surface area contributed by atoms with Gasteiger partial charge in [-0.1, -0.05) is 12.1 Å². The molecule has 2 aliphatic rings. The number of carboxylic acid groups (broad SMARTS) is 1. The summed E-state index contributed by atoms with van der Waals surface area (Å²) in [4.78, 5) is 50.2. The third kappa shape index (κ3) is 3.79. The van der Waals surface area contributed by atoms with Crippen LogP contribution in [0.4, 0.5) is 20.6 Å². The Morgan fingerprint density at radius 3 is 2.56 bits per heavy atom. The average Bonchev–Trinajstić information content (AvgIpc) is 3.12. The fourth-order valence-electron chi connectivity index (χ4n) is 4.88. The Morgan fingerprint density at radius 2 is 1.91 bits per heavy atom. The van der Waals surface area contributed by atoms with Gasteiger partial charge in [0.05, 0.1) is 11.0 Å². The number of urea groups is 1. The van der Waals surface area contributed by atoms with Gasteiger partial charge in [-0.2, -0.15) is 0 Å². The van der Waals surface area contributed by atoms with Crippen LogP contribution in [-0.2, 0) is 9.59 Å². The topological polar surface area (TPSA) is 130 Å². The lowest BCUT2D eigenvalue weighted by molar-refractivity contribution is -0.385. The van der Waals surface area contributed by atoms with Gasteiger partial charge in [0.25, 0.3) is 5.69 Å². The van der Waals surface area contributed by atoms with E-state index >= 15 is 0 Å². The largest absolute Gasteiger partial charge is 0.480 e. The number of hydrogen-bond acceptors (Lipinski definition) is 5. The smallest absolute Gasteiger partial charge is 0.326 e. The summed E-state index contributed by atoms with van der Waals surface area (Å²) in [5, 5.41) is 23.8. The molecule has 0 spiro atoms. The summed E-state index contributed by atoms with van der Waals surface area (Å²) in [5.74, 6) is -3.32. The molecule has 0 aromatic heterocycles. The lowest BCUT2D eigenvalue weighted by atomic mass is 9.74. The number of non-ortho nitro benzene ring substituents is 1. The average molecular weight is 441 g/mol. The number of carboxylic acids is 1. The van der Waals surface area contributed by atoms with Crippen LogP contribution >= 0.6 is 0 Å². The maximum absolute atomic E-state index is 13.3. The summed E-state index contributed by atoms with van der Waals surface area (Å²) >= 11 is 0. The standard InChI is InChI=1S/C22H20FN3O6/c23-13-7-9-14(10-8-13)24-22(30)25-19(12-3-1-4-15(11-12)26(31)32)18-16(20(25)21(28)29)5-2-6-17(18)27/h1,3-4,7-11,16,18-20H,2,5-6H2,(H,24,30)(H,28,29). The van der Waals surface area contributed by atoms with Crippen LogP contribution in [0.2, 0.25) is 0 Å². The summed E-state index contributed by atoms with van der Waals surface area (Å²) in [6, 6.07) is 7.48. The zero-order valence-electron chi connectivity index (χ0n) is 16.8. The van der Waals surface area contributed by atoms with Crippen LogP contribution < -0.4 is 5.32 Å². The van der Waals surface area contributed by atoms with Crippen LogP contribution in [0, 0.1) is 27.8 Å². The highest BCUT2D eigenvalue weighted by Gasteiger charge is 2.57. The number of Topliss-reactive ketones (excluding diaryl/α,β-unsaturated/α-hetero) is 1. The van der Waals surface area contributed by atoms with Gasteiger partial charge in [0.2, 0.25) is 0 Å². The molecule has 2 amide bonds. The van der Waals surface area contributed by atoms with Gasteiger partial charge >= 0.3 is 12.0 Å². The molecular weight excluding hydrogens is 421 g/mol. The van der Waals surface area contributed by atoms with Crippen LogP contribution in [0.3, 0.4) is 0 Å². The van der Waals surface area contributed by atoms with Crippen molar-refractivity contribution in [2.75, 3.05) is 5.32 Å². The quantitative estimate of drug-likeness (QED) is 0.549. The van der Waals surface area contributed by atoms with Crippen LogP contribution in [0.25, 0.3) is 0 Å². The predicted octanol–water partition coefficient (Wildman–Crippen LogP) is 3.76. The van der Waals surface area contributed by atoms with Crippen molar-refractivity contribution in [3.8, 4) is 0 Å². The van der Waals surface area contributed by atoms with Crippen molar-refractivity contribution >= 4 is 29.2 Å². The molecule has 1 saturated carbocycles. The molecule has 4 rings (SSSR count). The minimum Gasteiger partial charge on any atom is -0.480 e. The number of fused-ring (bicyclic) bond motifs is 1. The molecule has 166 valence electrons. The monoisotopic (exact) mass is 441 g/mol. The molecule has 2 aromatic rings. The fourth-order valence-corrected chi connectivity index (χ4v) is 4.88. The second-order valence-electron chi connectivity index (χ2n) is 7.97. The Labute approximate surface area is 182 Å². The molecule has 0 radical (unpaired) electrons. The third-order valence-electron chi connectivity index (χ3n) is 6.14. The van der Waals surface area contributed by atoms with E-state index < -0.39 is 46.7 Å². The van der Waals surface area contributed by atoms with Gasteiger partial charge in [0.15, 0.2) is 0 Å². The maximum atomic E-state index is 13.3. The van der Waals surface area contributed by atoms with E-state index in [4.69, 9.17) is 0 Å². The number of rotatable bonds is 4. The number of anilines is 1. The van der Waals surface area contributed by atoms with Crippen LogP contribution in [0.5, 0.6) is 0 Å². The Morgan fingerprint density at radius 1 is 1.19 bits per heavy atom. The predicted molar refractivity (Wildman–Crippen MR) is 110 cm³/mol. The number of amides is 2. The van der Waals surface area contributed by atoms with Crippen LogP contribution in [-0.4, -0.2) is 38.8 Å².